The number of aromatic nitrogens is 1. The summed E-state index contributed by atoms with van der Waals surface area (Å²) in [6, 6.07) is 9.19. The Hall–Kier alpha value is -1.26. The van der Waals surface area contributed by atoms with Crippen LogP contribution in [0.5, 0.6) is 5.75 Å². The minimum atomic E-state index is 0.363. The van der Waals surface area contributed by atoms with E-state index >= 15 is 0 Å². The van der Waals surface area contributed by atoms with Crippen molar-refractivity contribution in [2.45, 2.75) is 6.61 Å². The van der Waals surface area contributed by atoms with Crippen LogP contribution in [0.15, 0.2) is 41.0 Å². The summed E-state index contributed by atoms with van der Waals surface area (Å²) in [5.74, 6) is 0.937. The van der Waals surface area contributed by atoms with Gasteiger partial charge in [-0.25, -0.2) is 4.98 Å². The third-order valence-electron chi connectivity index (χ3n) is 2.20. The molecule has 0 amide bonds. The summed E-state index contributed by atoms with van der Waals surface area (Å²) in [6.07, 6.45) is 1.62. The first-order valence-electron chi connectivity index (χ1n) is 4.94. The fourth-order valence-corrected chi connectivity index (χ4v) is 2.05. The Morgan fingerprint density at radius 1 is 1.35 bits per heavy atom. The average molecular weight is 314 g/mol. The van der Waals surface area contributed by atoms with Crippen molar-refractivity contribution < 1.29 is 4.74 Å². The number of benzene rings is 1. The number of hydrogen-bond donors (Lipinski definition) is 1. The first kappa shape index (κ1) is 12.2. The zero-order valence-electron chi connectivity index (χ0n) is 8.86. The second kappa shape index (κ2) is 5.38. The van der Waals surface area contributed by atoms with Crippen molar-refractivity contribution >= 4 is 33.3 Å². The van der Waals surface area contributed by atoms with Gasteiger partial charge in [0.15, 0.2) is 11.6 Å². The molecule has 2 N–H and O–H groups in total. The normalized spacial score (nSPS) is 10.2. The molecule has 5 heteroatoms. The molecule has 1 aromatic carbocycles. The molecule has 0 spiro atoms. The highest BCUT2D eigenvalue weighted by atomic mass is 79.9. The van der Waals surface area contributed by atoms with Crippen LogP contribution in [0.25, 0.3) is 0 Å². The standard InChI is InChI=1S/C12H10BrClN2O/c13-9-4-3-8(10(14)6-9)7-17-11-2-1-5-16-12(11)15/h1-6H,7H2,(H2,15,16). The fraction of sp³-hybridized carbons (Fsp3) is 0.0833. The molecule has 0 fully saturated rings. The van der Waals surface area contributed by atoms with E-state index in [0.717, 1.165) is 10.0 Å². The van der Waals surface area contributed by atoms with Crippen molar-refractivity contribution in [1.82, 2.24) is 4.98 Å². The van der Waals surface area contributed by atoms with E-state index in [-0.39, 0.29) is 0 Å². The predicted molar refractivity (Wildman–Crippen MR) is 72.1 cm³/mol. The summed E-state index contributed by atoms with van der Waals surface area (Å²) < 4.78 is 6.49. The van der Waals surface area contributed by atoms with Crippen LogP contribution < -0.4 is 10.5 Å². The van der Waals surface area contributed by atoms with E-state index in [0.29, 0.717) is 23.2 Å². The summed E-state index contributed by atoms with van der Waals surface area (Å²) in [7, 11) is 0. The van der Waals surface area contributed by atoms with Gasteiger partial charge < -0.3 is 10.5 Å². The van der Waals surface area contributed by atoms with Crippen LogP contribution in [0.2, 0.25) is 5.02 Å². The van der Waals surface area contributed by atoms with Gasteiger partial charge in [0.25, 0.3) is 0 Å². The van der Waals surface area contributed by atoms with Gasteiger partial charge in [-0.2, -0.15) is 0 Å². The Bertz CT molecular complexity index is 534. The lowest BCUT2D eigenvalue weighted by Crippen LogP contribution is -2.00. The lowest BCUT2D eigenvalue weighted by atomic mass is 10.2. The number of pyridine rings is 1. The van der Waals surface area contributed by atoms with Crippen LogP contribution in [0.4, 0.5) is 5.82 Å². The molecule has 17 heavy (non-hydrogen) atoms. The molecule has 0 aliphatic heterocycles. The van der Waals surface area contributed by atoms with E-state index in [1.165, 1.54) is 0 Å². The van der Waals surface area contributed by atoms with E-state index in [2.05, 4.69) is 20.9 Å². The molecule has 2 rings (SSSR count). The quantitative estimate of drug-likeness (QED) is 0.940. The molecule has 3 nitrogen and oxygen atoms in total. The maximum Gasteiger partial charge on any atom is 0.166 e. The molecular formula is C12H10BrClN2O. The summed E-state index contributed by atoms with van der Waals surface area (Å²) in [4.78, 5) is 3.94. The Morgan fingerprint density at radius 3 is 2.88 bits per heavy atom. The van der Waals surface area contributed by atoms with Crippen LogP contribution in [0, 0.1) is 0 Å². The first-order valence-corrected chi connectivity index (χ1v) is 6.11. The molecule has 0 unspecified atom stereocenters. The molecule has 1 aromatic heterocycles. The average Bonchev–Trinajstić information content (AvgIpc) is 2.30. The second-order valence-corrected chi connectivity index (χ2v) is 4.73. The van der Waals surface area contributed by atoms with Crippen LogP contribution in [0.1, 0.15) is 5.56 Å². The molecule has 88 valence electrons. The highest BCUT2D eigenvalue weighted by Crippen LogP contribution is 2.24. The molecule has 0 atom stereocenters. The first-order chi connectivity index (χ1) is 8.16. The van der Waals surface area contributed by atoms with Gasteiger partial charge in [0.05, 0.1) is 0 Å². The van der Waals surface area contributed by atoms with Crippen molar-refractivity contribution in [3.05, 3.63) is 51.6 Å². The van der Waals surface area contributed by atoms with Crippen LogP contribution in [-0.2, 0) is 6.61 Å². The van der Waals surface area contributed by atoms with E-state index < -0.39 is 0 Å². The SMILES string of the molecule is Nc1ncccc1OCc1ccc(Br)cc1Cl. The van der Waals surface area contributed by atoms with Crippen molar-refractivity contribution in [3.63, 3.8) is 0 Å². The lowest BCUT2D eigenvalue weighted by Gasteiger charge is -2.09. The minimum Gasteiger partial charge on any atom is -0.485 e. The number of anilines is 1. The minimum absolute atomic E-state index is 0.363. The molecule has 2 aromatic rings. The highest BCUT2D eigenvalue weighted by Gasteiger charge is 2.04. The zero-order valence-corrected chi connectivity index (χ0v) is 11.2. The predicted octanol–water partition coefficient (Wildman–Crippen LogP) is 3.66. The van der Waals surface area contributed by atoms with Crippen molar-refractivity contribution in [2.75, 3.05) is 5.73 Å². The number of nitrogens with two attached hydrogens (primary N) is 1. The Labute approximate surface area is 113 Å². The van der Waals surface area contributed by atoms with E-state index in [9.17, 15) is 0 Å². The summed E-state index contributed by atoms with van der Waals surface area (Å²) in [5.41, 5.74) is 6.57. The molecular weight excluding hydrogens is 304 g/mol. The van der Waals surface area contributed by atoms with Gasteiger partial charge in [-0.05, 0) is 24.3 Å². The largest absolute Gasteiger partial charge is 0.485 e. The second-order valence-electron chi connectivity index (χ2n) is 3.41. The van der Waals surface area contributed by atoms with Crippen LogP contribution in [-0.4, -0.2) is 4.98 Å². The number of halogens is 2. The number of ether oxygens (including phenoxy) is 1. The Kier molecular flexibility index (Phi) is 3.86. The number of nitrogen functional groups attached to an aromatic ring is 1. The van der Waals surface area contributed by atoms with Gasteiger partial charge in [-0.3, -0.25) is 0 Å². The van der Waals surface area contributed by atoms with Gasteiger partial charge in [-0.15, -0.1) is 0 Å². The van der Waals surface area contributed by atoms with Gasteiger partial charge in [0.2, 0.25) is 0 Å². The van der Waals surface area contributed by atoms with E-state index in [1.54, 1.807) is 18.3 Å². The number of rotatable bonds is 3. The third-order valence-corrected chi connectivity index (χ3v) is 3.04. The lowest BCUT2D eigenvalue weighted by molar-refractivity contribution is 0.307. The fourth-order valence-electron chi connectivity index (χ4n) is 1.32. The summed E-state index contributed by atoms with van der Waals surface area (Å²) >= 11 is 9.43. The maximum absolute atomic E-state index is 6.08. The Balaban J connectivity index is 2.10. The summed E-state index contributed by atoms with van der Waals surface area (Å²) in [5, 5.41) is 0.654. The van der Waals surface area contributed by atoms with Gasteiger partial charge in [-0.1, -0.05) is 33.6 Å². The van der Waals surface area contributed by atoms with E-state index in [1.807, 2.05) is 18.2 Å². The van der Waals surface area contributed by atoms with Gasteiger partial charge in [0, 0.05) is 21.3 Å². The molecule has 0 aliphatic carbocycles. The topological polar surface area (TPSA) is 48.1 Å². The molecule has 0 aliphatic rings. The zero-order chi connectivity index (χ0) is 12.3. The number of nitrogens with zero attached hydrogens (tertiary/aromatic N) is 1. The van der Waals surface area contributed by atoms with Gasteiger partial charge in [0.1, 0.15) is 6.61 Å². The highest BCUT2D eigenvalue weighted by molar-refractivity contribution is 9.10. The van der Waals surface area contributed by atoms with Crippen molar-refractivity contribution in [3.8, 4) is 5.75 Å². The number of hydrogen-bond acceptors (Lipinski definition) is 3. The smallest absolute Gasteiger partial charge is 0.166 e. The molecule has 0 saturated heterocycles. The molecule has 0 bridgehead atoms. The molecule has 1 heterocycles. The van der Waals surface area contributed by atoms with E-state index in [4.69, 9.17) is 22.1 Å². The molecule has 0 radical (unpaired) electrons. The third kappa shape index (κ3) is 3.11. The van der Waals surface area contributed by atoms with Crippen molar-refractivity contribution in [1.29, 1.82) is 0 Å². The van der Waals surface area contributed by atoms with Crippen molar-refractivity contribution in [2.24, 2.45) is 0 Å². The summed E-state index contributed by atoms with van der Waals surface area (Å²) in [6.45, 7) is 0.363. The Morgan fingerprint density at radius 2 is 2.18 bits per heavy atom. The van der Waals surface area contributed by atoms with Gasteiger partial charge >= 0.3 is 0 Å². The van der Waals surface area contributed by atoms with Crippen LogP contribution >= 0.6 is 27.5 Å². The molecule has 0 saturated carbocycles. The monoisotopic (exact) mass is 312 g/mol. The maximum atomic E-state index is 6.08. The van der Waals surface area contributed by atoms with Crippen LogP contribution in [0.3, 0.4) is 0 Å².